The minimum atomic E-state index is -0.657. The molecule has 0 saturated carbocycles. The summed E-state index contributed by atoms with van der Waals surface area (Å²) in [5, 5.41) is 1.08. The number of hydroxylamine groups is 1. The summed E-state index contributed by atoms with van der Waals surface area (Å²) in [4.78, 5) is 26.4. The van der Waals surface area contributed by atoms with E-state index in [9.17, 15) is 9.59 Å². The predicted octanol–water partition coefficient (Wildman–Crippen LogP) is 1.14. The third kappa shape index (κ3) is 1.20. The molecular weight excluding hydrogens is 182 g/mol. The van der Waals surface area contributed by atoms with Gasteiger partial charge in [0.1, 0.15) is 0 Å². The average Bonchev–Trinajstić information content (AvgIpc) is 2.55. The van der Waals surface area contributed by atoms with Gasteiger partial charge in [-0.1, -0.05) is 12.1 Å². The fourth-order valence-electron chi connectivity index (χ4n) is 1.50. The number of carbonyl (C=O) groups is 2. The van der Waals surface area contributed by atoms with Crippen molar-refractivity contribution in [3.05, 3.63) is 29.3 Å². The normalized spacial score (nSPS) is 19.2. The van der Waals surface area contributed by atoms with Crippen molar-refractivity contribution in [2.24, 2.45) is 0 Å². The lowest BCUT2D eigenvalue weighted by Gasteiger charge is -2.08. The number of hydrogen-bond acceptors (Lipinski definition) is 3. The van der Waals surface area contributed by atoms with E-state index >= 15 is 0 Å². The number of hydrogen-bond donors (Lipinski definition) is 0. The summed E-state index contributed by atoms with van der Waals surface area (Å²) in [6, 6.07) is 5.49. The first kappa shape index (κ1) is 8.90. The summed E-state index contributed by atoms with van der Waals surface area (Å²) >= 11 is 0. The maximum absolute atomic E-state index is 10.6. The minimum Gasteiger partial charge on any atom is -0.300 e. The fourth-order valence-corrected chi connectivity index (χ4v) is 1.50. The molecule has 0 spiro atoms. The molecule has 1 aliphatic heterocycles. The molecule has 1 aromatic carbocycles. The van der Waals surface area contributed by atoms with Crippen molar-refractivity contribution in [1.82, 2.24) is 0 Å². The topological polar surface area (TPSA) is 46.6 Å². The standard InChI is InChI=1S/C10H9NO3/c1-7-2-3-8-9(4-7)11(6-13)14-10(8)5-12/h2-6,10H,1H3. The largest absolute Gasteiger partial charge is 0.300 e. The SMILES string of the molecule is Cc1ccc2c(c1)N(C=O)OC2C=O. The number of benzene rings is 1. The van der Waals surface area contributed by atoms with Gasteiger partial charge in [0, 0.05) is 5.56 Å². The summed E-state index contributed by atoms with van der Waals surface area (Å²) in [6.07, 6.45) is 0.579. The highest BCUT2D eigenvalue weighted by atomic mass is 16.7. The number of aryl methyl sites for hydroxylation is 1. The van der Waals surface area contributed by atoms with E-state index in [1.54, 1.807) is 6.07 Å². The molecule has 0 radical (unpaired) electrons. The van der Waals surface area contributed by atoms with Gasteiger partial charge in [-0.2, -0.15) is 5.06 Å². The van der Waals surface area contributed by atoms with Crippen LogP contribution in [0, 0.1) is 6.92 Å². The molecule has 0 bridgehead atoms. The molecule has 72 valence electrons. The van der Waals surface area contributed by atoms with E-state index < -0.39 is 6.10 Å². The van der Waals surface area contributed by atoms with E-state index in [2.05, 4.69) is 0 Å². The van der Waals surface area contributed by atoms with Gasteiger partial charge in [0.15, 0.2) is 12.4 Å². The Morgan fingerprint density at radius 1 is 1.43 bits per heavy atom. The van der Waals surface area contributed by atoms with E-state index in [0.717, 1.165) is 16.2 Å². The molecule has 1 unspecified atom stereocenters. The number of nitrogens with zero attached hydrogens (tertiary/aromatic N) is 1. The summed E-state index contributed by atoms with van der Waals surface area (Å²) < 4.78 is 0. The van der Waals surface area contributed by atoms with Crippen LogP contribution in [0.25, 0.3) is 0 Å². The number of fused-ring (bicyclic) bond motifs is 1. The van der Waals surface area contributed by atoms with Gasteiger partial charge in [-0.25, -0.2) is 0 Å². The molecule has 1 amide bonds. The summed E-state index contributed by atoms with van der Waals surface area (Å²) in [5.41, 5.74) is 2.40. The van der Waals surface area contributed by atoms with Crippen molar-refractivity contribution in [2.45, 2.75) is 13.0 Å². The molecule has 0 aliphatic carbocycles. The van der Waals surface area contributed by atoms with Gasteiger partial charge < -0.3 is 0 Å². The van der Waals surface area contributed by atoms with Gasteiger partial charge in [-0.05, 0) is 18.6 Å². The van der Waals surface area contributed by atoms with Gasteiger partial charge in [-0.3, -0.25) is 14.4 Å². The minimum absolute atomic E-state index is 0.557. The molecule has 0 aromatic heterocycles. The van der Waals surface area contributed by atoms with Gasteiger partial charge in [0.05, 0.1) is 5.69 Å². The smallest absolute Gasteiger partial charge is 0.238 e. The Hall–Kier alpha value is -1.68. The number of carbonyl (C=O) groups excluding carboxylic acids is 2. The molecule has 1 atom stereocenters. The molecule has 1 aromatic rings. The van der Waals surface area contributed by atoms with Gasteiger partial charge in [-0.15, -0.1) is 0 Å². The number of anilines is 1. The Labute approximate surface area is 81.0 Å². The first-order valence-corrected chi connectivity index (χ1v) is 4.23. The lowest BCUT2D eigenvalue weighted by Crippen LogP contribution is -2.16. The van der Waals surface area contributed by atoms with Crippen LogP contribution in [0.1, 0.15) is 17.2 Å². The highest BCUT2D eigenvalue weighted by Crippen LogP contribution is 2.35. The first-order chi connectivity index (χ1) is 6.76. The second-order valence-electron chi connectivity index (χ2n) is 3.16. The molecule has 0 saturated heterocycles. The Morgan fingerprint density at radius 3 is 2.86 bits per heavy atom. The van der Waals surface area contributed by atoms with Crippen LogP contribution in [-0.2, 0) is 14.4 Å². The Morgan fingerprint density at radius 2 is 2.21 bits per heavy atom. The number of aldehydes is 1. The molecule has 0 fully saturated rings. The van der Waals surface area contributed by atoms with E-state index in [1.165, 1.54) is 0 Å². The fraction of sp³-hybridized carbons (Fsp3) is 0.200. The first-order valence-electron chi connectivity index (χ1n) is 4.23. The average molecular weight is 191 g/mol. The highest BCUT2D eigenvalue weighted by molar-refractivity contribution is 5.81. The molecule has 2 rings (SSSR count). The summed E-state index contributed by atoms with van der Waals surface area (Å²) in [6.45, 7) is 1.91. The van der Waals surface area contributed by atoms with E-state index in [1.807, 2.05) is 19.1 Å². The molecule has 4 heteroatoms. The lowest BCUT2D eigenvalue weighted by atomic mass is 10.1. The Kier molecular flexibility index (Phi) is 2.05. The number of amides is 1. The van der Waals surface area contributed by atoms with Crippen molar-refractivity contribution in [2.75, 3.05) is 5.06 Å². The Bertz CT molecular complexity index is 389. The zero-order chi connectivity index (χ0) is 10.1. The van der Waals surface area contributed by atoms with Crippen molar-refractivity contribution in [1.29, 1.82) is 0 Å². The van der Waals surface area contributed by atoms with Crippen LogP contribution in [-0.4, -0.2) is 12.7 Å². The zero-order valence-corrected chi connectivity index (χ0v) is 7.64. The van der Waals surface area contributed by atoms with Gasteiger partial charge in [0.25, 0.3) is 0 Å². The molecule has 0 N–H and O–H groups in total. The summed E-state index contributed by atoms with van der Waals surface area (Å²) in [5.74, 6) is 0. The quantitative estimate of drug-likeness (QED) is 0.658. The molecule has 4 nitrogen and oxygen atoms in total. The van der Waals surface area contributed by atoms with E-state index in [-0.39, 0.29) is 0 Å². The van der Waals surface area contributed by atoms with Crippen LogP contribution in [0.5, 0.6) is 0 Å². The third-order valence-corrected chi connectivity index (χ3v) is 2.18. The van der Waals surface area contributed by atoms with Crippen molar-refractivity contribution >= 4 is 18.4 Å². The van der Waals surface area contributed by atoms with Crippen LogP contribution in [0.2, 0.25) is 0 Å². The van der Waals surface area contributed by atoms with Crippen LogP contribution in [0.3, 0.4) is 0 Å². The van der Waals surface area contributed by atoms with Gasteiger partial charge >= 0.3 is 0 Å². The lowest BCUT2D eigenvalue weighted by molar-refractivity contribution is -0.122. The van der Waals surface area contributed by atoms with Crippen LogP contribution in [0.15, 0.2) is 18.2 Å². The van der Waals surface area contributed by atoms with Crippen LogP contribution in [0.4, 0.5) is 5.69 Å². The van der Waals surface area contributed by atoms with Crippen molar-refractivity contribution in [3.63, 3.8) is 0 Å². The zero-order valence-electron chi connectivity index (χ0n) is 7.64. The Balaban J connectivity index is 2.52. The van der Waals surface area contributed by atoms with Crippen molar-refractivity contribution < 1.29 is 14.4 Å². The third-order valence-electron chi connectivity index (χ3n) is 2.18. The second-order valence-corrected chi connectivity index (χ2v) is 3.16. The second kappa shape index (κ2) is 3.23. The van der Waals surface area contributed by atoms with Crippen LogP contribution >= 0.6 is 0 Å². The monoisotopic (exact) mass is 191 g/mol. The van der Waals surface area contributed by atoms with E-state index in [0.29, 0.717) is 18.4 Å². The maximum Gasteiger partial charge on any atom is 0.238 e. The maximum atomic E-state index is 10.6. The molecule has 1 heterocycles. The van der Waals surface area contributed by atoms with Gasteiger partial charge in [0.2, 0.25) is 6.41 Å². The molecule has 1 aliphatic rings. The van der Waals surface area contributed by atoms with E-state index in [4.69, 9.17) is 4.84 Å². The predicted molar refractivity (Wildman–Crippen MR) is 49.6 cm³/mol. The highest BCUT2D eigenvalue weighted by Gasteiger charge is 2.29. The summed E-state index contributed by atoms with van der Waals surface area (Å²) in [7, 11) is 0. The molecule has 14 heavy (non-hydrogen) atoms. The van der Waals surface area contributed by atoms with Crippen LogP contribution < -0.4 is 5.06 Å². The van der Waals surface area contributed by atoms with Crippen molar-refractivity contribution in [3.8, 4) is 0 Å². The number of rotatable bonds is 2. The molecular formula is C10H9NO3.